The lowest BCUT2D eigenvalue weighted by Crippen LogP contribution is -2.58. The Bertz CT molecular complexity index is 863. The molecule has 0 aliphatic carbocycles. The number of hydrogen-bond donors (Lipinski definition) is 5. The van der Waals surface area contributed by atoms with E-state index in [0.29, 0.717) is 19.3 Å². The van der Waals surface area contributed by atoms with Gasteiger partial charge in [0.05, 0.1) is 61.0 Å². The molecule has 0 aromatic heterocycles. The van der Waals surface area contributed by atoms with Crippen LogP contribution in [0, 0.1) is 5.92 Å². The third-order valence-corrected chi connectivity index (χ3v) is 9.64. The average Bonchev–Trinajstić information content (AvgIpc) is 3.49. The van der Waals surface area contributed by atoms with Gasteiger partial charge in [0.1, 0.15) is 55.6 Å². The first-order valence-corrected chi connectivity index (χ1v) is 17.3. The zero-order valence-electron chi connectivity index (χ0n) is 31.0. The van der Waals surface area contributed by atoms with Gasteiger partial charge in [0.25, 0.3) is 0 Å². The minimum Gasteiger partial charge on any atom is -0.390 e. The molecular weight excluding hydrogens is 632 g/mol. The molecule has 14 nitrogen and oxygen atoms in total. The minimum atomic E-state index is -0.866. The molecule has 5 heterocycles. The summed E-state index contributed by atoms with van der Waals surface area (Å²) in [6.07, 6.45) is -3.14. The summed E-state index contributed by atoms with van der Waals surface area (Å²) >= 11 is 0. The molecular formula is C34H66O14. The molecule has 18 unspecified atom stereocenters. The number of aliphatic hydroxyl groups excluding tert-OH is 5. The Morgan fingerprint density at radius 2 is 1.00 bits per heavy atom. The molecule has 48 heavy (non-hydrogen) atoms. The maximum absolute atomic E-state index is 9.77. The highest BCUT2D eigenvalue weighted by atomic mass is 16.7. The van der Waals surface area contributed by atoms with E-state index in [0.717, 1.165) is 6.42 Å². The van der Waals surface area contributed by atoms with Gasteiger partial charge in [-0.1, -0.05) is 13.8 Å². The van der Waals surface area contributed by atoms with Gasteiger partial charge in [-0.3, -0.25) is 0 Å². The van der Waals surface area contributed by atoms with E-state index in [9.17, 15) is 25.5 Å². The summed E-state index contributed by atoms with van der Waals surface area (Å²) in [5, 5.41) is 47.8. The van der Waals surface area contributed by atoms with Gasteiger partial charge >= 0.3 is 0 Å². The van der Waals surface area contributed by atoms with Gasteiger partial charge in [0.15, 0.2) is 0 Å². The van der Waals surface area contributed by atoms with Crippen LogP contribution in [0.25, 0.3) is 0 Å². The number of methoxy groups -OCH3 is 3. The summed E-state index contributed by atoms with van der Waals surface area (Å²) < 4.78 is 48.0. The van der Waals surface area contributed by atoms with E-state index < -0.39 is 36.6 Å². The van der Waals surface area contributed by atoms with E-state index in [1.54, 1.807) is 21.0 Å². The van der Waals surface area contributed by atoms with E-state index in [-0.39, 0.29) is 73.1 Å². The second-order valence-electron chi connectivity index (χ2n) is 14.0. The fraction of sp³-hybridized carbons (Fsp3) is 1.00. The Morgan fingerprint density at radius 3 is 1.52 bits per heavy atom. The van der Waals surface area contributed by atoms with Crippen LogP contribution in [0.4, 0.5) is 0 Å². The summed E-state index contributed by atoms with van der Waals surface area (Å²) in [6, 6.07) is 0. The van der Waals surface area contributed by atoms with Crippen molar-refractivity contribution in [2.75, 3.05) is 28.1 Å². The maximum atomic E-state index is 9.77. The summed E-state index contributed by atoms with van der Waals surface area (Å²) in [4.78, 5) is 0. The zero-order valence-corrected chi connectivity index (χ0v) is 31.0. The molecule has 0 aromatic carbocycles. The predicted molar refractivity (Wildman–Crippen MR) is 175 cm³/mol. The zero-order chi connectivity index (χ0) is 36.5. The van der Waals surface area contributed by atoms with Crippen molar-refractivity contribution in [1.82, 2.24) is 0 Å². The SMILES string of the molecule is CC1CC2OCOC2C(C)O1.COC1C(C)OC(C)C(O)C1O.COC1C(O)C(O)C(C)OC1C(C)C.COC1C(O)CC(C)OC1C. The van der Waals surface area contributed by atoms with E-state index in [2.05, 4.69) is 6.92 Å². The van der Waals surface area contributed by atoms with Crippen LogP contribution in [0.3, 0.4) is 0 Å². The first-order chi connectivity index (χ1) is 22.5. The quantitative estimate of drug-likeness (QED) is 0.282. The van der Waals surface area contributed by atoms with Crippen molar-refractivity contribution in [3.05, 3.63) is 0 Å². The first-order valence-electron chi connectivity index (χ1n) is 17.3. The fourth-order valence-corrected chi connectivity index (χ4v) is 6.97. The molecule has 0 spiro atoms. The molecule has 5 N–H and O–H groups in total. The summed E-state index contributed by atoms with van der Waals surface area (Å²) in [7, 11) is 4.62. The smallest absolute Gasteiger partial charge is 0.147 e. The van der Waals surface area contributed by atoms with Crippen LogP contribution in [0.15, 0.2) is 0 Å². The van der Waals surface area contributed by atoms with Gasteiger partial charge < -0.3 is 68.2 Å². The summed E-state index contributed by atoms with van der Waals surface area (Å²) in [5.74, 6) is 0.254. The molecule has 5 aliphatic rings. The first kappa shape index (κ1) is 43.6. The molecule has 0 amide bonds. The molecule has 0 radical (unpaired) electrons. The number of rotatable bonds is 4. The second kappa shape index (κ2) is 20.5. The van der Waals surface area contributed by atoms with Crippen LogP contribution in [-0.4, -0.2) is 164 Å². The minimum absolute atomic E-state index is 0.00116. The lowest BCUT2D eigenvalue weighted by atomic mass is 9.90. The van der Waals surface area contributed by atoms with Crippen LogP contribution in [-0.2, 0) is 42.6 Å². The van der Waals surface area contributed by atoms with E-state index >= 15 is 0 Å². The molecule has 5 aliphatic heterocycles. The standard InChI is InChI=1S/C10H20O4.C8H16O4.C8H14O3.C8H16O3/c1-5(2)9-10(13-4)8(12)7(11)6(3)14-9;1-4-6(9)7(10)8(11-3)5(2)12-4;1-5-3-7-8(6(2)11-5)10-4-9-7;1-5-4-7(9)8(10-3)6(2)11-5/h5-12H,1-4H3;4-10H,1-3H3;5-8H,3-4H2,1-2H3;5-9H,4H2,1-3H3. The van der Waals surface area contributed by atoms with Crippen LogP contribution in [0.1, 0.15) is 75.2 Å². The Labute approximate surface area is 287 Å². The molecule has 5 rings (SSSR count). The highest BCUT2D eigenvalue weighted by Gasteiger charge is 2.44. The number of hydrogen-bond acceptors (Lipinski definition) is 14. The van der Waals surface area contributed by atoms with Crippen molar-refractivity contribution in [1.29, 1.82) is 0 Å². The monoisotopic (exact) mass is 698 g/mol. The Morgan fingerprint density at radius 1 is 0.521 bits per heavy atom. The number of ether oxygens (including phenoxy) is 9. The van der Waals surface area contributed by atoms with Crippen molar-refractivity contribution in [3.8, 4) is 0 Å². The van der Waals surface area contributed by atoms with Crippen LogP contribution >= 0.6 is 0 Å². The number of aliphatic hydroxyl groups is 5. The van der Waals surface area contributed by atoms with E-state index in [1.807, 2.05) is 41.5 Å². The largest absolute Gasteiger partial charge is 0.390 e. The second-order valence-corrected chi connectivity index (χ2v) is 14.0. The summed E-state index contributed by atoms with van der Waals surface area (Å²) in [5.41, 5.74) is 0. The average molecular weight is 699 g/mol. The Balaban J connectivity index is 0.000000223. The van der Waals surface area contributed by atoms with Crippen LogP contribution in [0.2, 0.25) is 0 Å². The van der Waals surface area contributed by atoms with Crippen molar-refractivity contribution in [2.24, 2.45) is 5.92 Å². The molecule has 18 atom stereocenters. The van der Waals surface area contributed by atoms with Gasteiger partial charge in [0.2, 0.25) is 0 Å². The topological polar surface area (TPSA) is 184 Å². The normalized spacial score (nSPS) is 47.4. The lowest BCUT2D eigenvalue weighted by molar-refractivity contribution is -0.233. The van der Waals surface area contributed by atoms with Crippen molar-refractivity contribution >= 4 is 0 Å². The highest BCUT2D eigenvalue weighted by Crippen LogP contribution is 2.29. The molecule has 0 aromatic rings. The maximum Gasteiger partial charge on any atom is 0.147 e. The van der Waals surface area contributed by atoms with Crippen LogP contribution < -0.4 is 0 Å². The van der Waals surface area contributed by atoms with Crippen LogP contribution in [0.5, 0.6) is 0 Å². The number of fused-ring (bicyclic) bond motifs is 1. The highest BCUT2D eigenvalue weighted by molar-refractivity contribution is 4.93. The third kappa shape index (κ3) is 11.7. The molecule has 0 saturated carbocycles. The Kier molecular flexibility index (Phi) is 18.6. The van der Waals surface area contributed by atoms with E-state index in [4.69, 9.17) is 42.6 Å². The molecule has 5 fully saturated rings. The van der Waals surface area contributed by atoms with Gasteiger partial charge in [0, 0.05) is 34.2 Å². The molecule has 5 saturated heterocycles. The van der Waals surface area contributed by atoms with Gasteiger partial charge in [-0.05, 0) is 54.4 Å². The van der Waals surface area contributed by atoms with Gasteiger partial charge in [-0.25, -0.2) is 0 Å². The van der Waals surface area contributed by atoms with Gasteiger partial charge in [-0.15, -0.1) is 0 Å². The molecule has 14 heteroatoms. The fourth-order valence-electron chi connectivity index (χ4n) is 6.97. The van der Waals surface area contributed by atoms with E-state index in [1.165, 1.54) is 14.2 Å². The third-order valence-electron chi connectivity index (χ3n) is 9.64. The molecule has 286 valence electrons. The van der Waals surface area contributed by atoms with Gasteiger partial charge in [-0.2, -0.15) is 0 Å². The van der Waals surface area contributed by atoms with Crippen molar-refractivity contribution in [3.63, 3.8) is 0 Å². The predicted octanol–water partition coefficient (Wildman–Crippen LogP) is 1.18. The van der Waals surface area contributed by atoms with Crippen molar-refractivity contribution in [2.45, 2.75) is 185 Å². The Hall–Kier alpha value is -0.560. The molecule has 0 bridgehead atoms. The summed E-state index contributed by atoms with van der Waals surface area (Å²) in [6.45, 7) is 17.8. The van der Waals surface area contributed by atoms with Crippen molar-refractivity contribution < 1.29 is 68.2 Å². The lowest BCUT2D eigenvalue weighted by Gasteiger charge is -2.42.